The van der Waals surface area contributed by atoms with E-state index in [1.54, 1.807) is 12.1 Å². The number of imidazole rings is 1. The molecule has 170 valence electrons. The molecule has 2 aromatic carbocycles. The number of aromatic nitrogens is 2. The van der Waals surface area contributed by atoms with Gasteiger partial charge in [-0.15, -0.1) is 0 Å². The van der Waals surface area contributed by atoms with Crippen LogP contribution >= 0.6 is 11.6 Å². The fourth-order valence-electron chi connectivity index (χ4n) is 3.98. The van der Waals surface area contributed by atoms with Crippen LogP contribution in [0.25, 0.3) is 11.0 Å². The highest BCUT2D eigenvalue weighted by molar-refractivity contribution is 6.33. The highest BCUT2D eigenvalue weighted by Crippen LogP contribution is 2.32. The summed E-state index contributed by atoms with van der Waals surface area (Å²) in [7, 11) is 0. The molecule has 1 amide bonds. The molecule has 1 aliphatic rings. The summed E-state index contributed by atoms with van der Waals surface area (Å²) in [5.41, 5.74) is 1.22. The van der Waals surface area contributed by atoms with Crippen molar-refractivity contribution in [3.8, 4) is 5.75 Å². The minimum atomic E-state index is -0.749. The Bertz CT molecular complexity index is 1140. The summed E-state index contributed by atoms with van der Waals surface area (Å²) in [4.78, 5) is 20.4. The number of nitrogens with one attached hydrogen (secondary N) is 3. The first-order chi connectivity index (χ1) is 15.4. The summed E-state index contributed by atoms with van der Waals surface area (Å²) in [6.07, 6.45) is 4.10. The van der Waals surface area contributed by atoms with Gasteiger partial charge in [0.1, 0.15) is 22.4 Å². The van der Waals surface area contributed by atoms with Crippen molar-refractivity contribution in [3.63, 3.8) is 0 Å². The lowest BCUT2D eigenvalue weighted by Gasteiger charge is -2.27. The van der Waals surface area contributed by atoms with E-state index in [0.717, 1.165) is 37.8 Å². The normalized spacial score (nSPS) is 18.5. The highest BCUT2D eigenvalue weighted by Gasteiger charge is 2.23. The second-order valence-electron chi connectivity index (χ2n) is 8.16. The maximum atomic E-state index is 14.1. The molecule has 0 saturated heterocycles. The van der Waals surface area contributed by atoms with Gasteiger partial charge >= 0.3 is 0 Å². The number of nitrogens with zero attached hydrogens (tertiary/aromatic N) is 1. The third-order valence-electron chi connectivity index (χ3n) is 5.77. The number of rotatable bonds is 6. The second kappa shape index (κ2) is 9.32. The zero-order chi connectivity index (χ0) is 22.8. The van der Waals surface area contributed by atoms with Crippen LogP contribution in [-0.2, 0) is 0 Å². The largest absolute Gasteiger partial charge is 0.493 e. The molecule has 9 heteroatoms. The van der Waals surface area contributed by atoms with Crippen molar-refractivity contribution in [1.29, 1.82) is 0 Å². The van der Waals surface area contributed by atoms with Crippen LogP contribution < -0.4 is 15.4 Å². The lowest BCUT2D eigenvalue weighted by atomic mass is 9.87. The van der Waals surface area contributed by atoms with Gasteiger partial charge in [0.15, 0.2) is 0 Å². The fourth-order valence-corrected chi connectivity index (χ4v) is 4.18. The van der Waals surface area contributed by atoms with Crippen LogP contribution in [0.15, 0.2) is 24.3 Å². The topological polar surface area (TPSA) is 79.0 Å². The average molecular weight is 463 g/mol. The van der Waals surface area contributed by atoms with Crippen LogP contribution in [0.1, 0.15) is 49.9 Å². The molecule has 32 heavy (non-hydrogen) atoms. The smallest absolute Gasteiger partial charge is 0.255 e. The van der Waals surface area contributed by atoms with Crippen molar-refractivity contribution in [1.82, 2.24) is 15.3 Å². The van der Waals surface area contributed by atoms with Gasteiger partial charge < -0.3 is 20.4 Å². The van der Waals surface area contributed by atoms with Crippen molar-refractivity contribution in [2.75, 3.05) is 11.9 Å². The Morgan fingerprint density at radius 1 is 1.22 bits per heavy atom. The predicted molar refractivity (Wildman–Crippen MR) is 121 cm³/mol. The molecular formula is C23H25ClF2N4O2. The Hall–Kier alpha value is -2.87. The number of halogens is 3. The Kier molecular flexibility index (Phi) is 6.50. The molecule has 1 heterocycles. The molecule has 0 aliphatic heterocycles. The summed E-state index contributed by atoms with van der Waals surface area (Å²) in [5, 5.41) is 5.42. The molecular weight excluding hydrogens is 438 g/mol. The van der Waals surface area contributed by atoms with Crippen molar-refractivity contribution in [3.05, 3.63) is 46.5 Å². The molecule has 1 aromatic heterocycles. The molecule has 3 aromatic rings. The lowest BCUT2D eigenvalue weighted by molar-refractivity contribution is 0.0919. The number of aromatic amines is 1. The van der Waals surface area contributed by atoms with Gasteiger partial charge in [0, 0.05) is 12.1 Å². The Morgan fingerprint density at radius 2 is 1.94 bits per heavy atom. The van der Waals surface area contributed by atoms with E-state index in [1.807, 2.05) is 6.92 Å². The van der Waals surface area contributed by atoms with E-state index in [9.17, 15) is 13.6 Å². The number of hydrogen-bond acceptors (Lipinski definition) is 4. The number of fused-ring (bicyclic) bond motifs is 1. The number of amides is 1. The maximum absolute atomic E-state index is 14.1. The van der Waals surface area contributed by atoms with Crippen LogP contribution in [0.5, 0.6) is 5.75 Å². The van der Waals surface area contributed by atoms with Crippen LogP contribution in [0.2, 0.25) is 5.02 Å². The third-order valence-corrected chi connectivity index (χ3v) is 6.14. The van der Waals surface area contributed by atoms with Gasteiger partial charge in [-0.25, -0.2) is 13.8 Å². The number of ether oxygens (including phenoxy) is 1. The van der Waals surface area contributed by atoms with Crippen LogP contribution in [-0.4, -0.2) is 28.5 Å². The van der Waals surface area contributed by atoms with Crippen molar-refractivity contribution < 1.29 is 18.3 Å². The molecule has 0 bridgehead atoms. The van der Waals surface area contributed by atoms with E-state index in [1.165, 1.54) is 0 Å². The van der Waals surface area contributed by atoms with Gasteiger partial charge in [-0.05, 0) is 56.7 Å². The Morgan fingerprint density at radius 3 is 2.66 bits per heavy atom. The fraction of sp³-hybridized carbons (Fsp3) is 0.391. The number of carbonyl (C=O) groups excluding carboxylic acids is 1. The van der Waals surface area contributed by atoms with Gasteiger partial charge in [-0.1, -0.05) is 18.5 Å². The molecule has 1 aliphatic carbocycles. The van der Waals surface area contributed by atoms with Gasteiger partial charge in [0.25, 0.3) is 5.91 Å². The molecule has 0 unspecified atom stereocenters. The second-order valence-corrected chi connectivity index (χ2v) is 8.54. The van der Waals surface area contributed by atoms with Crippen LogP contribution in [0.4, 0.5) is 20.4 Å². The summed E-state index contributed by atoms with van der Waals surface area (Å²) in [6.45, 7) is 4.44. The number of carbonyl (C=O) groups is 1. The first kappa shape index (κ1) is 22.3. The minimum absolute atomic E-state index is 0.140. The van der Waals surface area contributed by atoms with Crippen LogP contribution in [0.3, 0.4) is 0 Å². The standard InChI is InChI=1S/C23H25ClF2N4O2/c1-3-32-19-11-18-17(10-14(19)22(31)27-13-6-4-12(2)5-7-13)28-23(29-18)30-21-16(26)9-8-15(25)20(21)24/h8-13H,3-7H2,1-2H3,(H,27,31)(H2,28,29,30). The number of hydrogen-bond donors (Lipinski definition) is 3. The monoisotopic (exact) mass is 462 g/mol. The molecule has 1 fully saturated rings. The van der Waals surface area contributed by atoms with E-state index < -0.39 is 11.6 Å². The van der Waals surface area contributed by atoms with Gasteiger partial charge in [0.2, 0.25) is 5.95 Å². The van der Waals surface area contributed by atoms with Crippen LogP contribution in [0, 0.1) is 17.6 Å². The van der Waals surface area contributed by atoms with Gasteiger partial charge in [-0.2, -0.15) is 0 Å². The van der Waals surface area contributed by atoms with Crippen molar-refractivity contribution in [2.24, 2.45) is 5.92 Å². The Balaban J connectivity index is 1.62. The lowest BCUT2D eigenvalue weighted by Crippen LogP contribution is -2.37. The first-order valence-corrected chi connectivity index (χ1v) is 11.1. The summed E-state index contributed by atoms with van der Waals surface area (Å²) >= 11 is 5.89. The predicted octanol–water partition coefficient (Wildman–Crippen LogP) is 5.95. The number of anilines is 2. The zero-order valence-corrected chi connectivity index (χ0v) is 18.7. The quantitative estimate of drug-likeness (QED) is 0.396. The summed E-state index contributed by atoms with van der Waals surface area (Å²) < 4.78 is 33.5. The first-order valence-electron chi connectivity index (χ1n) is 10.7. The molecule has 6 nitrogen and oxygen atoms in total. The summed E-state index contributed by atoms with van der Waals surface area (Å²) in [6, 6.07) is 5.38. The number of H-pyrrole nitrogens is 1. The third kappa shape index (κ3) is 4.65. The van der Waals surface area contributed by atoms with E-state index >= 15 is 0 Å². The van der Waals surface area contributed by atoms with Gasteiger partial charge in [-0.3, -0.25) is 4.79 Å². The van der Waals surface area contributed by atoms with Crippen molar-refractivity contribution >= 4 is 40.2 Å². The van der Waals surface area contributed by atoms with E-state index in [-0.39, 0.29) is 28.6 Å². The molecule has 1 saturated carbocycles. The SMILES string of the molecule is CCOc1cc2nc(Nc3c(F)ccc(F)c3Cl)[nH]c2cc1C(=O)NC1CCC(C)CC1. The zero-order valence-electron chi connectivity index (χ0n) is 17.9. The van der Waals surface area contributed by atoms with E-state index in [2.05, 4.69) is 27.5 Å². The highest BCUT2D eigenvalue weighted by atomic mass is 35.5. The van der Waals surface area contributed by atoms with Crippen molar-refractivity contribution in [2.45, 2.75) is 45.6 Å². The molecule has 4 rings (SSSR count). The molecule has 0 radical (unpaired) electrons. The molecule has 0 spiro atoms. The summed E-state index contributed by atoms with van der Waals surface area (Å²) in [5.74, 6) is -0.415. The molecule has 0 atom stereocenters. The van der Waals surface area contributed by atoms with Gasteiger partial charge in [0.05, 0.1) is 28.9 Å². The van der Waals surface area contributed by atoms with E-state index in [0.29, 0.717) is 34.9 Å². The maximum Gasteiger partial charge on any atom is 0.255 e. The van der Waals surface area contributed by atoms with E-state index in [4.69, 9.17) is 16.3 Å². The molecule has 3 N–H and O–H groups in total. The number of benzene rings is 2. The Labute approximate surface area is 189 Å². The minimum Gasteiger partial charge on any atom is -0.493 e. The average Bonchev–Trinajstić information content (AvgIpc) is 3.16.